The third-order valence-electron chi connectivity index (χ3n) is 4.39. The summed E-state index contributed by atoms with van der Waals surface area (Å²) in [7, 11) is 0. The fourth-order valence-corrected chi connectivity index (χ4v) is 4.00. The molecule has 3 heterocycles. The Hall–Kier alpha value is -2.14. The van der Waals surface area contributed by atoms with Gasteiger partial charge in [0, 0.05) is 19.6 Å². The Labute approximate surface area is 138 Å². The molecule has 0 radical (unpaired) electrons. The zero-order valence-electron chi connectivity index (χ0n) is 12.7. The Morgan fingerprint density at radius 1 is 1.13 bits per heavy atom. The minimum absolute atomic E-state index is 0.105. The fraction of sp³-hybridized carbons (Fsp3) is 0.278. The number of carbonyl (C=O) groups excluding carboxylic acids is 1. The van der Waals surface area contributed by atoms with Crippen LogP contribution in [0.3, 0.4) is 0 Å². The highest BCUT2D eigenvalue weighted by Crippen LogP contribution is 2.27. The van der Waals surface area contributed by atoms with Gasteiger partial charge < -0.3 is 9.47 Å². The average molecular weight is 328 g/mol. The van der Waals surface area contributed by atoms with Crippen LogP contribution in [0.5, 0.6) is 0 Å². The van der Waals surface area contributed by atoms with Crippen molar-refractivity contribution in [3.63, 3.8) is 0 Å². The summed E-state index contributed by atoms with van der Waals surface area (Å²) in [5.41, 5.74) is 2.80. The zero-order chi connectivity index (χ0) is 15.8. The molecule has 0 saturated carbocycles. The van der Waals surface area contributed by atoms with Crippen molar-refractivity contribution in [1.82, 2.24) is 9.47 Å². The first-order chi connectivity index (χ1) is 11.2. The van der Waals surface area contributed by atoms with Gasteiger partial charge in [0.15, 0.2) is 0 Å². The van der Waals surface area contributed by atoms with Crippen LogP contribution in [0, 0.1) is 5.82 Å². The van der Waals surface area contributed by atoms with E-state index in [2.05, 4.69) is 4.57 Å². The monoisotopic (exact) mass is 328 g/mol. The van der Waals surface area contributed by atoms with Gasteiger partial charge >= 0.3 is 0 Å². The predicted octanol–water partition coefficient (Wildman–Crippen LogP) is 4.13. The molecule has 1 aliphatic heterocycles. The van der Waals surface area contributed by atoms with Crippen molar-refractivity contribution in [2.24, 2.45) is 0 Å². The SMILES string of the molecule is O=C(c1cc2sccc2n1Cc1ccc(F)cc1)N1CCCC1. The van der Waals surface area contributed by atoms with E-state index in [-0.39, 0.29) is 11.7 Å². The number of benzene rings is 1. The van der Waals surface area contributed by atoms with E-state index >= 15 is 0 Å². The summed E-state index contributed by atoms with van der Waals surface area (Å²) in [6, 6.07) is 10.5. The van der Waals surface area contributed by atoms with Gasteiger partial charge in [0.25, 0.3) is 5.91 Å². The van der Waals surface area contributed by atoms with Gasteiger partial charge in [-0.1, -0.05) is 12.1 Å². The summed E-state index contributed by atoms with van der Waals surface area (Å²) in [6.45, 7) is 2.26. The number of halogens is 1. The standard InChI is InChI=1S/C18H17FN2OS/c19-14-5-3-13(4-6-14)12-21-15-7-10-23-17(15)11-16(21)18(22)20-8-1-2-9-20/h3-7,10-11H,1-2,8-9,12H2. The van der Waals surface area contributed by atoms with Gasteiger partial charge in [-0.25, -0.2) is 4.39 Å². The molecule has 1 aliphatic rings. The van der Waals surface area contributed by atoms with E-state index in [1.807, 2.05) is 22.4 Å². The van der Waals surface area contributed by atoms with Crippen LogP contribution in [-0.2, 0) is 6.54 Å². The Kier molecular flexibility index (Phi) is 3.65. The Balaban J connectivity index is 1.73. The van der Waals surface area contributed by atoms with Crippen molar-refractivity contribution in [3.8, 4) is 0 Å². The van der Waals surface area contributed by atoms with E-state index in [0.717, 1.165) is 47.4 Å². The molecule has 118 valence electrons. The zero-order valence-corrected chi connectivity index (χ0v) is 13.5. The summed E-state index contributed by atoms with van der Waals surface area (Å²) in [6.07, 6.45) is 2.16. The van der Waals surface area contributed by atoms with Crippen molar-refractivity contribution in [1.29, 1.82) is 0 Å². The highest BCUT2D eigenvalue weighted by atomic mass is 32.1. The smallest absolute Gasteiger partial charge is 0.270 e. The minimum atomic E-state index is -0.240. The summed E-state index contributed by atoms with van der Waals surface area (Å²) in [5, 5.41) is 2.04. The molecule has 0 N–H and O–H groups in total. The second kappa shape index (κ2) is 5.81. The number of hydrogen-bond acceptors (Lipinski definition) is 2. The molecule has 0 unspecified atom stereocenters. The van der Waals surface area contributed by atoms with E-state index in [9.17, 15) is 9.18 Å². The number of carbonyl (C=O) groups is 1. The molecule has 2 aromatic heterocycles. The molecule has 3 nitrogen and oxygen atoms in total. The number of thiophene rings is 1. The Morgan fingerprint density at radius 2 is 1.87 bits per heavy atom. The van der Waals surface area contributed by atoms with E-state index in [4.69, 9.17) is 0 Å². The van der Waals surface area contributed by atoms with Crippen molar-refractivity contribution in [2.75, 3.05) is 13.1 Å². The highest BCUT2D eigenvalue weighted by Gasteiger charge is 2.24. The fourth-order valence-electron chi connectivity index (χ4n) is 3.18. The van der Waals surface area contributed by atoms with E-state index < -0.39 is 0 Å². The topological polar surface area (TPSA) is 25.2 Å². The molecule has 1 saturated heterocycles. The summed E-state index contributed by atoms with van der Waals surface area (Å²) in [5.74, 6) is -0.136. The first-order valence-corrected chi connectivity index (χ1v) is 8.71. The number of amides is 1. The molecule has 0 spiro atoms. The third-order valence-corrected chi connectivity index (χ3v) is 5.24. The van der Waals surface area contributed by atoms with Crippen LogP contribution in [0.2, 0.25) is 0 Å². The normalized spacial score (nSPS) is 14.7. The molecule has 1 fully saturated rings. The van der Waals surface area contributed by atoms with Gasteiger partial charge in [0.05, 0.1) is 10.2 Å². The number of hydrogen-bond donors (Lipinski definition) is 0. The first kappa shape index (κ1) is 14.5. The maximum atomic E-state index is 13.1. The molecule has 0 aliphatic carbocycles. The van der Waals surface area contributed by atoms with Crippen LogP contribution in [0.15, 0.2) is 41.8 Å². The molecule has 1 aromatic carbocycles. The number of nitrogens with zero attached hydrogens (tertiary/aromatic N) is 2. The summed E-state index contributed by atoms with van der Waals surface area (Å²) < 4.78 is 16.3. The van der Waals surface area contributed by atoms with Gasteiger partial charge in [-0.3, -0.25) is 4.79 Å². The van der Waals surface area contributed by atoms with E-state index in [1.165, 1.54) is 12.1 Å². The van der Waals surface area contributed by atoms with Gasteiger partial charge in [-0.05, 0) is 48.1 Å². The third kappa shape index (κ3) is 2.65. The average Bonchev–Trinajstić information content (AvgIpc) is 3.27. The summed E-state index contributed by atoms with van der Waals surface area (Å²) >= 11 is 1.64. The van der Waals surface area contributed by atoms with Crippen molar-refractivity contribution in [2.45, 2.75) is 19.4 Å². The van der Waals surface area contributed by atoms with Crippen molar-refractivity contribution in [3.05, 3.63) is 58.9 Å². The molecular formula is C18H17FN2OS. The molecule has 0 atom stereocenters. The lowest BCUT2D eigenvalue weighted by Gasteiger charge is -2.17. The lowest BCUT2D eigenvalue weighted by Crippen LogP contribution is -2.29. The second-order valence-electron chi connectivity index (χ2n) is 5.91. The lowest BCUT2D eigenvalue weighted by atomic mass is 10.2. The molecule has 3 aromatic rings. The maximum absolute atomic E-state index is 13.1. The summed E-state index contributed by atoms with van der Waals surface area (Å²) in [4.78, 5) is 14.8. The van der Waals surface area contributed by atoms with Crippen molar-refractivity contribution >= 4 is 27.5 Å². The van der Waals surface area contributed by atoms with Gasteiger partial charge in [-0.15, -0.1) is 11.3 Å². The lowest BCUT2D eigenvalue weighted by molar-refractivity contribution is 0.0783. The predicted molar refractivity (Wildman–Crippen MR) is 90.5 cm³/mol. The maximum Gasteiger partial charge on any atom is 0.270 e. The van der Waals surface area contributed by atoms with Crippen LogP contribution in [0.25, 0.3) is 10.2 Å². The number of aromatic nitrogens is 1. The molecule has 1 amide bonds. The quantitative estimate of drug-likeness (QED) is 0.710. The van der Waals surface area contributed by atoms with Crippen molar-refractivity contribution < 1.29 is 9.18 Å². The molecular weight excluding hydrogens is 311 g/mol. The molecule has 5 heteroatoms. The Morgan fingerprint density at radius 3 is 2.61 bits per heavy atom. The minimum Gasteiger partial charge on any atom is -0.337 e. The Bertz CT molecular complexity index is 844. The molecule has 4 rings (SSSR count). The van der Waals surface area contributed by atoms with Gasteiger partial charge in [0.2, 0.25) is 0 Å². The van der Waals surface area contributed by atoms with Crippen LogP contribution in [-0.4, -0.2) is 28.5 Å². The number of likely N-dealkylation sites (tertiary alicyclic amines) is 1. The van der Waals surface area contributed by atoms with Gasteiger partial charge in [-0.2, -0.15) is 0 Å². The molecule has 0 bridgehead atoms. The van der Waals surface area contributed by atoms with E-state index in [0.29, 0.717) is 6.54 Å². The molecule has 23 heavy (non-hydrogen) atoms. The van der Waals surface area contributed by atoms with E-state index in [1.54, 1.807) is 23.5 Å². The van der Waals surface area contributed by atoms with Gasteiger partial charge in [0.1, 0.15) is 11.5 Å². The second-order valence-corrected chi connectivity index (χ2v) is 6.86. The first-order valence-electron chi connectivity index (χ1n) is 7.83. The van der Waals surface area contributed by atoms with Crippen LogP contribution < -0.4 is 0 Å². The highest BCUT2D eigenvalue weighted by molar-refractivity contribution is 7.17. The number of fused-ring (bicyclic) bond motifs is 1. The number of rotatable bonds is 3. The van der Waals surface area contributed by atoms with Crippen LogP contribution in [0.4, 0.5) is 4.39 Å². The van der Waals surface area contributed by atoms with Crippen LogP contribution >= 0.6 is 11.3 Å². The largest absolute Gasteiger partial charge is 0.337 e. The van der Waals surface area contributed by atoms with Crippen LogP contribution in [0.1, 0.15) is 28.9 Å².